The zero-order chi connectivity index (χ0) is 24.6. The highest BCUT2D eigenvalue weighted by atomic mass is 16.5. The van der Waals surface area contributed by atoms with Crippen LogP contribution in [0.5, 0.6) is 11.5 Å². The molecule has 0 aromatic heterocycles. The van der Waals surface area contributed by atoms with Crippen LogP contribution >= 0.6 is 0 Å². The van der Waals surface area contributed by atoms with Gasteiger partial charge in [0.15, 0.2) is 0 Å². The summed E-state index contributed by atoms with van der Waals surface area (Å²) in [5.41, 5.74) is 0.583. The monoisotopic (exact) mass is 479 g/mol. The first kappa shape index (κ1) is 27.2. The maximum Gasteiger partial charge on any atom is 0.255 e. The van der Waals surface area contributed by atoms with E-state index in [2.05, 4.69) is 22.2 Å². The van der Waals surface area contributed by atoms with E-state index in [1.807, 2.05) is 54.6 Å². The normalized spacial score (nSPS) is 14.7. The molecular formula is C30H45N3O2. The largest absolute Gasteiger partial charge is 0.457 e. The van der Waals surface area contributed by atoms with Gasteiger partial charge in [-0.25, -0.2) is 0 Å². The number of para-hydroxylation sites is 2. The van der Waals surface area contributed by atoms with Crippen molar-refractivity contribution in [2.45, 2.75) is 64.2 Å². The first-order valence-corrected chi connectivity index (χ1v) is 13.7. The Labute approximate surface area is 212 Å². The standard InChI is InChI=1S/C30H45N3O2/c1-32-23-25-33(26-24-32)22-16-9-7-5-3-2-4-6-8-15-21-31-30(34)28-19-13-14-20-29(28)35-27-17-11-10-12-18-27/h10-14,17-20H,2-9,15-16,21-26H2,1H3,(H,31,34). The summed E-state index contributed by atoms with van der Waals surface area (Å²) >= 11 is 0. The number of unbranched alkanes of at least 4 members (excludes halogenated alkanes) is 9. The number of benzene rings is 2. The van der Waals surface area contributed by atoms with E-state index < -0.39 is 0 Å². The zero-order valence-electron chi connectivity index (χ0n) is 21.7. The fourth-order valence-corrected chi connectivity index (χ4v) is 4.60. The zero-order valence-corrected chi connectivity index (χ0v) is 21.7. The van der Waals surface area contributed by atoms with E-state index in [1.165, 1.54) is 90.5 Å². The number of rotatable bonds is 16. The highest BCUT2D eigenvalue weighted by Crippen LogP contribution is 2.25. The number of carbonyl (C=O) groups excluding carboxylic acids is 1. The number of carbonyl (C=O) groups is 1. The van der Waals surface area contributed by atoms with Gasteiger partial charge in [0.25, 0.3) is 5.91 Å². The molecule has 0 radical (unpaired) electrons. The van der Waals surface area contributed by atoms with E-state index in [0.29, 0.717) is 17.9 Å². The Bertz CT molecular complexity index is 835. The maximum atomic E-state index is 12.6. The SMILES string of the molecule is CN1CCN(CCCCCCCCCCCCNC(=O)c2ccccc2Oc2ccccc2)CC1. The van der Waals surface area contributed by atoms with Crippen molar-refractivity contribution in [2.24, 2.45) is 0 Å². The summed E-state index contributed by atoms with van der Waals surface area (Å²) in [5.74, 6) is 1.26. The van der Waals surface area contributed by atoms with Gasteiger partial charge in [-0.2, -0.15) is 0 Å². The Morgan fingerprint density at radius 2 is 1.31 bits per heavy atom. The molecule has 3 rings (SSSR count). The van der Waals surface area contributed by atoms with Crippen molar-refractivity contribution in [2.75, 3.05) is 46.3 Å². The maximum absolute atomic E-state index is 12.6. The van der Waals surface area contributed by atoms with Gasteiger partial charge in [0.1, 0.15) is 11.5 Å². The number of likely N-dealkylation sites (N-methyl/N-ethyl adjacent to an activating group) is 1. The molecule has 1 heterocycles. The van der Waals surface area contributed by atoms with Crippen LogP contribution in [0.15, 0.2) is 54.6 Å². The summed E-state index contributed by atoms with van der Waals surface area (Å²) in [4.78, 5) is 17.7. The summed E-state index contributed by atoms with van der Waals surface area (Å²) in [6.45, 7) is 6.95. The van der Waals surface area contributed by atoms with E-state index >= 15 is 0 Å². The third kappa shape index (κ3) is 10.8. The van der Waals surface area contributed by atoms with Gasteiger partial charge in [0.05, 0.1) is 5.56 Å². The average molecular weight is 480 g/mol. The fraction of sp³-hybridized carbons (Fsp3) is 0.567. The van der Waals surface area contributed by atoms with Crippen molar-refractivity contribution in [1.82, 2.24) is 15.1 Å². The molecule has 1 N–H and O–H groups in total. The lowest BCUT2D eigenvalue weighted by Gasteiger charge is -2.32. The highest BCUT2D eigenvalue weighted by Gasteiger charge is 2.13. The second-order valence-corrected chi connectivity index (χ2v) is 9.85. The number of piperazine rings is 1. The van der Waals surface area contributed by atoms with Crippen molar-refractivity contribution in [3.05, 3.63) is 60.2 Å². The molecule has 1 saturated heterocycles. The van der Waals surface area contributed by atoms with E-state index in [-0.39, 0.29) is 5.91 Å². The molecule has 1 fully saturated rings. The van der Waals surface area contributed by atoms with Crippen molar-refractivity contribution < 1.29 is 9.53 Å². The molecule has 5 nitrogen and oxygen atoms in total. The van der Waals surface area contributed by atoms with Crippen LogP contribution in [0.2, 0.25) is 0 Å². The summed E-state index contributed by atoms with van der Waals surface area (Å²) in [6.07, 6.45) is 13.0. The third-order valence-electron chi connectivity index (χ3n) is 6.89. The van der Waals surface area contributed by atoms with Gasteiger partial charge < -0.3 is 19.9 Å². The molecule has 2 aromatic rings. The minimum absolute atomic E-state index is 0.0656. The first-order valence-electron chi connectivity index (χ1n) is 13.7. The van der Waals surface area contributed by atoms with Crippen molar-refractivity contribution in [3.63, 3.8) is 0 Å². The summed E-state index contributed by atoms with van der Waals surface area (Å²) in [5, 5.41) is 3.06. The minimum Gasteiger partial charge on any atom is -0.457 e. The molecule has 1 amide bonds. The lowest BCUT2D eigenvalue weighted by molar-refractivity contribution is 0.0950. The topological polar surface area (TPSA) is 44.8 Å². The Balaban J connectivity index is 1.15. The van der Waals surface area contributed by atoms with Crippen LogP contribution in [-0.2, 0) is 0 Å². The van der Waals surface area contributed by atoms with Gasteiger partial charge in [-0.1, -0.05) is 81.7 Å². The van der Waals surface area contributed by atoms with Crippen LogP contribution in [0.1, 0.15) is 74.6 Å². The smallest absolute Gasteiger partial charge is 0.255 e. The Morgan fingerprint density at radius 3 is 2.00 bits per heavy atom. The predicted molar refractivity (Wildman–Crippen MR) is 145 cm³/mol. The predicted octanol–water partition coefficient (Wildman–Crippen LogP) is 6.36. The molecular weight excluding hydrogens is 434 g/mol. The molecule has 0 unspecified atom stereocenters. The van der Waals surface area contributed by atoms with E-state index in [9.17, 15) is 4.79 Å². The molecule has 192 valence electrons. The molecule has 1 aliphatic rings. The second-order valence-electron chi connectivity index (χ2n) is 9.85. The van der Waals surface area contributed by atoms with Gasteiger partial charge >= 0.3 is 0 Å². The van der Waals surface area contributed by atoms with E-state index in [0.717, 1.165) is 12.2 Å². The van der Waals surface area contributed by atoms with Crippen LogP contribution in [0.25, 0.3) is 0 Å². The molecule has 35 heavy (non-hydrogen) atoms. The van der Waals surface area contributed by atoms with Crippen LogP contribution in [0, 0.1) is 0 Å². The van der Waals surface area contributed by atoms with Crippen molar-refractivity contribution >= 4 is 5.91 Å². The molecule has 0 atom stereocenters. The number of amides is 1. The molecule has 0 saturated carbocycles. The van der Waals surface area contributed by atoms with Crippen molar-refractivity contribution in [1.29, 1.82) is 0 Å². The Morgan fingerprint density at radius 1 is 0.743 bits per heavy atom. The number of nitrogens with zero attached hydrogens (tertiary/aromatic N) is 2. The van der Waals surface area contributed by atoms with Crippen molar-refractivity contribution in [3.8, 4) is 11.5 Å². The Hall–Kier alpha value is -2.37. The van der Waals surface area contributed by atoms with E-state index in [4.69, 9.17) is 4.74 Å². The molecule has 1 aliphatic heterocycles. The lowest BCUT2D eigenvalue weighted by Crippen LogP contribution is -2.44. The molecule has 0 bridgehead atoms. The fourth-order valence-electron chi connectivity index (χ4n) is 4.60. The van der Waals surface area contributed by atoms with Gasteiger partial charge in [0.2, 0.25) is 0 Å². The van der Waals surface area contributed by atoms with Gasteiger partial charge in [-0.15, -0.1) is 0 Å². The quantitative estimate of drug-likeness (QED) is 0.285. The molecule has 2 aromatic carbocycles. The molecule has 5 heteroatoms. The summed E-state index contributed by atoms with van der Waals surface area (Å²) < 4.78 is 5.91. The lowest BCUT2D eigenvalue weighted by atomic mass is 10.1. The summed E-state index contributed by atoms with van der Waals surface area (Å²) in [6, 6.07) is 17.0. The van der Waals surface area contributed by atoms with Gasteiger partial charge in [0, 0.05) is 32.7 Å². The van der Waals surface area contributed by atoms with Crippen LogP contribution in [0.3, 0.4) is 0 Å². The second kappa shape index (κ2) is 16.3. The number of hydrogen-bond acceptors (Lipinski definition) is 4. The summed E-state index contributed by atoms with van der Waals surface area (Å²) in [7, 11) is 2.22. The number of hydrogen-bond donors (Lipinski definition) is 1. The number of ether oxygens (including phenoxy) is 1. The van der Waals surface area contributed by atoms with E-state index in [1.54, 1.807) is 0 Å². The highest BCUT2D eigenvalue weighted by molar-refractivity contribution is 5.97. The van der Waals surface area contributed by atoms with Crippen LogP contribution in [-0.4, -0.2) is 62.0 Å². The van der Waals surface area contributed by atoms with Gasteiger partial charge in [-0.3, -0.25) is 4.79 Å². The first-order chi connectivity index (χ1) is 17.2. The third-order valence-corrected chi connectivity index (χ3v) is 6.89. The van der Waals surface area contributed by atoms with Crippen LogP contribution < -0.4 is 10.1 Å². The number of nitrogens with one attached hydrogen (secondary N) is 1. The van der Waals surface area contributed by atoms with Gasteiger partial charge in [-0.05, 0) is 50.7 Å². The average Bonchev–Trinajstić information content (AvgIpc) is 2.88. The molecule has 0 aliphatic carbocycles. The Kier molecular flexibility index (Phi) is 12.7. The molecule has 0 spiro atoms. The minimum atomic E-state index is -0.0656. The van der Waals surface area contributed by atoms with Crippen LogP contribution in [0.4, 0.5) is 0 Å².